The molecule has 0 aliphatic carbocycles. The largest absolute Gasteiger partial charge is 0.497 e. The lowest BCUT2D eigenvalue weighted by Gasteiger charge is -2.34. The summed E-state index contributed by atoms with van der Waals surface area (Å²) in [5.41, 5.74) is 1.97. The lowest BCUT2D eigenvalue weighted by molar-refractivity contribution is -0.140. The second-order valence-corrected chi connectivity index (χ2v) is 11.6. The molecule has 10 heteroatoms. The number of benzene rings is 3. The van der Waals surface area contributed by atoms with Crippen molar-refractivity contribution in [2.45, 2.75) is 32.4 Å². The minimum absolute atomic E-state index is 0.0811. The number of carbonyl (C=O) groups is 2. The molecule has 0 radical (unpaired) electrons. The van der Waals surface area contributed by atoms with Gasteiger partial charge in [-0.2, -0.15) is 12.7 Å². The van der Waals surface area contributed by atoms with Crippen LogP contribution in [0.1, 0.15) is 24.5 Å². The average molecular weight is 567 g/mol. The fourth-order valence-corrected chi connectivity index (χ4v) is 5.25. The minimum atomic E-state index is -4.02. The number of nitrogens with one attached hydrogen (secondary N) is 1. The standard InChI is InChI=1S/C30H38N4O5S/c1-5-19-31-30(36)28(21-24-13-8-6-9-14-24)33(22-25-15-12-18-27(20-25)39-4)29(35)23-34(40(37,38)32(2)3)26-16-10-7-11-17-26/h6-18,20,28H,5,19,21-23H2,1-4H3,(H,31,36)/t28-/m0/s1. The van der Waals surface area contributed by atoms with Crippen molar-refractivity contribution in [3.63, 3.8) is 0 Å². The third-order valence-electron chi connectivity index (χ3n) is 6.37. The summed E-state index contributed by atoms with van der Waals surface area (Å²) in [5.74, 6) is -0.200. The van der Waals surface area contributed by atoms with E-state index in [2.05, 4.69) is 5.32 Å². The Morgan fingerprint density at radius 3 is 2.12 bits per heavy atom. The van der Waals surface area contributed by atoms with Crippen LogP contribution in [0.15, 0.2) is 84.9 Å². The number of methoxy groups -OCH3 is 1. The zero-order chi connectivity index (χ0) is 29.1. The number of nitrogens with zero attached hydrogens (tertiary/aromatic N) is 3. The van der Waals surface area contributed by atoms with Gasteiger partial charge in [-0.3, -0.25) is 9.59 Å². The van der Waals surface area contributed by atoms with Gasteiger partial charge in [-0.05, 0) is 41.8 Å². The first kappa shape index (κ1) is 30.6. The molecule has 0 fully saturated rings. The number of ether oxygens (including phenoxy) is 1. The predicted molar refractivity (Wildman–Crippen MR) is 157 cm³/mol. The number of hydrogen-bond acceptors (Lipinski definition) is 5. The molecule has 1 atom stereocenters. The Morgan fingerprint density at radius 2 is 1.52 bits per heavy atom. The van der Waals surface area contributed by atoms with Crippen LogP contribution in [-0.2, 0) is 32.8 Å². The van der Waals surface area contributed by atoms with E-state index < -0.39 is 28.7 Å². The highest BCUT2D eigenvalue weighted by Crippen LogP contribution is 2.22. The van der Waals surface area contributed by atoms with Crippen molar-refractivity contribution >= 4 is 27.7 Å². The van der Waals surface area contributed by atoms with Crippen LogP contribution in [0.3, 0.4) is 0 Å². The summed E-state index contributed by atoms with van der Waals surface area (Å²) in [6.07, 6.45) is 0.994. The quantitative estimate of drug-likeness (QED) is 0.322. The van der Waals surface area contributed by atoms with E-state index in [0.717, 1.165) is 26.2 Å². The fraction of sp³-hybridized carbons (Fsp3) is 0.333. The van der Waals surface area contributed by atoms with Crippen LogP contribution in [0, 0.1) is 0 Å². The minimum Gasteiger partial charge on any atom is -0.497 e. The smallest absolute Gasteiger partial charge is 0.304 e. The molecule has 40 heavy (non-hydrogen) atoms. The van der Waals surface area contributed by atoms with Crippen LogP contribution >= 0.6 is 0 Å². The summed E-state index contributed by atoms with van der Waals surface area (Å²) in [7, 11) is 0.367. The lowest BCUT2D eigenvalue weighted by atomic mass is 10.0. The van der Waals surface area contributed by atoms with Gasteiger partial charge in [0.05, 0.1) is 12.8 Å². The summed E-state index contributed by atoms with van der Waals surface area (Å²) >= 11 is 0. The van der Waals surface area contributed by atoms with E-state index in [4.69, 9.17) is 4.74 Å². The van der Waals surface area contributed by atoms with Crippen molar-refractivity contribution < 1.29 is 22.7 Å². The Balaban J connectivity index is 2.07. The molecule has 0 heterocycles. The Kier molecular flexibility index (Phi) is 11.1. The third-order valence-corrected chi connectivity index (χ3v) is 8.19. The third kappa shape index (κ3) is 8.06. The first-order valence-electron chi connectivity index (χ1n) is 13.2. The molecular formula is C30H38N4O5S. The number of anilines is 1. The molecule has 0 saturated carbocycles. The van der Waals surface area contributed by atoms with E-state index in [0.29, 0.717) is 18.0 Å². The molecule has 3 aromatic rings. The van der Waals surface area contributed by atoms with E-state index in [-0.39, 0.29) is 18.9 Å². The maximum absolute atomic E-state index is 14.2. The molecule has 1 N–H and O–H groups in total. The van der Waals surface area contributed by atoms with Crippen LogP contribution in [0.5, 0.6) is 5.75 Å². The topological polar surface area (TPSA) is 99.3 Å². The first-order valence-corrected chi connectivity index (χ1v) is 14.6. The van der Waals surface area contributed by atoms with E-state index in [1.807, 2.05) is 49.4 Å². The molecule has 9 nitrogen and oxygen atoms in total. The molecule has 2 amide bonds. The van der Waals surface area contributed by atoms with Gasteiger partial charge in [0.25, 0.3) is 0 Å². The summed E-state index contributed by atoms with van der Waals surface area (Å²) in [6.45, 7) is 2.00. The maximum atomic E-state index is 14.2. The van der Waals surface area contributed by atoms with Gasteiger partial charge < -0.3 is 15.0 Å². The Bertz CT molecular complexity index is 1350. The van der Waals surface area contributed by atoms with Gasteiger partial charge >= 0.3 is 10.2 Å². The summed E-state index contributed by atoms with van der Waals surface area (Å²) in [4.78, 5) is 29.2. The van der Waals surface area contributed by atoms with E-state index in [1.165, 1.54) is 19.0 Å². The lowest BCUT2D eigenvalue weighted by Crippen LogP contribution is -2.54. The molecule has 0 bridgehead atoms. The number of rotatable bonds is 14. The van der Waals surface area contributed by atoms with Gasteiger partial charge in [0.1, 0.15) is 18.3 Å². The van der Waals surface area contributed by atoms with Gasteiger partial charge in [-0.1, -0.05) is 67.6 Å². The van der Waals surface area contributed by atoms with Crippen molar-refractivity contribution in [2.24, 2.45) is 0 Å². The zero-order valence-electron chi connectivity index (χ0n) is 23.5. The highest BCUT2D eigenvalue weighted by atomic mass is 32.2. The number of carbonyl (C=O) groups excluding carboxylic acids is 2. The second-order valence-electron chi connectivity index (χ2n) is 9.50. The van der Waals surface area contributed by atoms with Gasteiger partial charge in [-0.25, -0.2) is 4.31 Å². The van der Waals surface area contributed by atoms with Crippen molar-refractivity contribution in [1.29, 1.82) is 0 Å². The molecule has 0 aliphatic heterocycles. The van der Waals surface area contributed by atoms with Crippen molar-refractivity contribution in [1.82, 2.24) is 14.5 Å². The Hall–Kier alpha value is -3.89. The molecule has 0 spiro atoms. The van der Waals surface area contributed by atoms with Crippen LogP contribution in [0.25, 0.3) is 0 Å². The molecule has 0 aliphatic rings. The molecule has 0 saturated heterocycles. The predicted octanol–water partition coefficient (Wildman–Crippen LogP) is 3.47. The number of hydrogen-bond donors (Lipinski definition) is 1. The SMILES string of the molecule is CCCNC(=O)[C@H](Cc1ccccc1)N(Cc1cccc(OC)c1)C(=O)CN(c1ccccc1)S(=O)(=O)N(C)C. The fourth-order valence-electron chi connectivity index (χ4n) is 4.20. The normalized spacial score (nSPS) is 12.0. The molecule has 3 rings (SSSR count). The van der Waals surface area contributed by atoms with Crippen molar-refractivity contribution in [3.05, 3.63) is 96.1 Å². The second kappa shape index (κ2) is 14.5. The molecule has 3 aromatic carbocycles. The summed E-state index contributed by atoms with van der Waals surface area (Å²) in [5, 5.41) is 2.93. The number of para-hydroxylation sites is 1. The average Bonchev–Trinajstić information content (AvgIpc) is 2.97. The summed E-state index contributed by atoms with van der Waals surface area (Å²) < 4.78 is 34.2. The van der Waals surface area contributed by atoms with Gasteiger partial charge in [0, 0.05) is 33.6 Å². The zero-order valence-corrected chi connectivity index (χ0v) is 24.3. The van der Waals surface area contributed by atoms with Crippen molar-refractivity contribution in [3.8, 4) is 5.75 Å². The van der Waals surface area contributed by atoms with Crippen LogP contribution in [0.2, 0.25) is 0 Å². The van der Waals surface area contributed by atoms with Crippen LogP contribution in [-0.4, -0.2) is 69.8 Å². The molecule has 0 unspecified atom stereocenters. The first-order chi connectivity index (χ1) is 19.2. The van der Waals surface area contributed by atoms with Crippen molar-refractivity contribution in [2.75, 3.05) is 38.6 Å². The van der Waals surface area contributed by atoms with E-state index >= 15 is 0 Å². The molecule has 214 valence electrons. The molecular weight excluding hydrogens is 528 g/mol. The van der Waals surface area contributed by atoms with Gasteiger partial charge in [0.2, 0.25) is 11.8 Å². The van der Waals surface area contributed by atoms with Crippen LogP contribution in [0.4, 0.5) is 5.69 Å². The highest BCUT2D eigenvalue weighted by molar-refractivity contribution is 7.90. The Morgan fingerprint density at radius 1 is 0.900 bits per heavy atom. The van der Waals surface area contributed by atoms with E-state index in [9.17, 15) is 18.0 Å². The van der Waals surface area contributed by atoms with Gasteiger partial charge in [0.15, 0.2) is 0 Å². The van der Waals surface area contributed by atoms with E-state index in [1.54, 1.807) is 49.6 Å². The summed E-state index contributed by atoms with van der Waals surface area (Å²) in [6, 6.07) is 24.3. The van der Waals surface area contributed by atoms with Crippen LogP contribution < -0.4 is 14.4 Å². The maximum Gasteiger partial charge on any atom is 0.304 e. The van der Waals surface area contributed by atoms with Gasteiger partial charge in [-0.15, -0.1) is 0 Å². The number of amides is 2. The highest BCUT2D eigenvalue weighted by Gasteiger charge is 2.34. The molecule has 0 aromatic heterocycles. The monoisotopic (exact) mass is 566 g/mol. The Labute approximate surface area is 237 Å².